The Hall–Kier alpha value is -2.79. The summed E-state index contributed by atoms with van der Waals surface area (Å²) < 4.78 is 7.62. The molecule has 0 radical (unpaired) electrons. The molecule has 3 rings (SSSR count). The number of halogens is 1. The summed E-state index contributed by atoms with van der Waals surface area (Å²) in [7, 11) is 0. The van der Waals surface area contributed by atoms with E-state index in [0.717, 1.165) is 17.1 Å². The maximum Gasteiger partial charge on any atom is 0.261 e. The van der Waals surface area contributed by atoms with Gasteiger partial charge in [-0.1, -0.05) is 35.9 Å². The number of nitrogens with one attached hydrogen (secondary N) is 1. The van der Waals surface area contributed by atoms with Gasteiger partial charge in [-0.25, -0.2) is 4.98 Å². The number of hydrogen-bond acceptors (Lipinski definition) is 3. The summed E-state index contributed by atoms with van der Waals surface area (Å²) in [5.74, 6) is 1.23. The van der Waals surface area contributed by atoms with Gasteiger partial charge in [-0.2, -0.15) is 0 Å². The minimum atomic E-state index is -0.636. The van der Waals surface area contributed by atoms with Gasteiger partial charge in [-0.3, -0.25) is 4.79 Å². The number of carbonyl (C=O) groups is 1. The molecule has 1 N–H and O–H groups in total. The number of aromatic nitrogens is 2. The molecule has 0 fully saturated rings. The van der Waals surface area contributed by atoms with Crippen LogP contribution >= 0.6 is 11.6 Å². The summed E-state index contributed by atoms with van der Waals surface area (Å²) in [6, 6.07) is 15.1. The SMILES string of the molecule is Cc1nccn1-c1ccc(CNC(=O)[C@@H](C)Oc2ccccc2Cl)cc1. The van der Waals surface area contributed by atoms with Crippen LogP contribution < -0.4 is 10.1 Å². The molecular formula is C20H20ClN3O2. The number of benzene rings is 2. The number of imidazole rings is 1. The van der Waals surface area contributed by atoms with Crippen LogP contribution in [0.1, 0.15) is 18.3 Å². The highest BCUT2D eigenvalue weighted by Gasteiger charge is 2.15. The summed E-state index contributed by atoms with van der Waals surface area (Å²) in [5.41, 5.74) is 2.04. The zero-order valence-corrected chi connectivity index (χ0v) is 15.4. The quantitative estimate of drug-likeness (QED) is 0.716. The molecule has 26 heavy (non-hydrogen) atoms. The molecule has 0 spiro atoms. The van der Waals surface area contributed by atoms with Crippen LogP contribution in [0.25, 0.3) is 5.69 Å². The first-order chi connectivity index (χ1) is 12.5. The van der Waals surface area contributed by atoms with E-state index in [9.17, 15) is 4.79 Å². The van der Waals surface area contributed by atoms with Crippen molar-refractivity contribution in [3.05, 3.63) is 77.3 Å². The Balaban J connectivity index is 1.56. The average molecular weight is 370 g/mol. The van der Waals surface area contributed by atoms with Crippen molar-refractivity contribution in [1.29, 1.82) is 0 Å². The molecule has 0 saturated carbocycles. The average Bonchev–Trinajstić information content (AvgIpc) is 3.08. The predicted octanol–water partition coefficient (Wildman–Crippen LogP) is 3.92. The molecule has 0 aliphatic rings. The van der Waals surface area contributed by atoms with E-state index >= 15 is 0 Å². The molecule has 0 aliphatic carbocycles. The summed E-state index contributed by atoms with van der Waals surface area (Å²) in [5, 5.41) is 3.36. The van der Waals surface area contributed by atoms with Gasteiger partial charge in [0.25, 0.3) is 5.91 Å². The molecule has 6 heteroatoms. The maximum atomic E-state index is 12.2. The largest absolute Gasteiger partial charge is 0.479 e. The number of nitrogens with zero attached hydrogens (tertiary/aromatic N) is 2. The number of hydrogen-bond donors (Lipinski definition) is 1. The van der Waals surface area contributed by atoms with Crippen molar-refractivity contribution in [2.24, 2.45) is 0 Å². The van der Waals surface area contributed by atoms with Gasteiger partial charge in [0.05, 0.1) is 5.02 Å². The number of aryl methyl sites for hydroxylation is 1. The topological polar surface area (TPSA) is 56.2 Å². The predicted molar refractivity (Wildman–Crippen MR) is 102 cm³/mol. The van der Waals surface area contributed by atoms with Crippen LogP contribution in [-0.4, -0.2) is 21.6 Å². The zero-order chi connectivity index (χ0) is 18.5. The molecule has 0 bridgehead atoms. The van der Waals surface area contributed by atoms with Gasteiger partial charge < -0.3 is 14.6 Å². The number of carbonyl (C=O) groups excluding carboxylic acids is 1. The molecular weight excluding hydrogens is 350 g/mol. The second kappa shape index (κ2) is 8.06. The summed E-state index contributed by atoms with van der Waals surface area (Å²) in [6.07, 6.45) is 3.05. The Morgan fingerprint density at radius 3 is 2.62 bits per heavy atom. The van der Waals surface area contributed by atoms with E-state index in [4.69, 9.17) is 16.3 Å². The van der Waals surface area contributed by atoms with Gasteiger partial charge in [-0.05, 0) is 43.7 Å². The fourth-order valence-electron chi connectivity index (χ4n) is 2.54. The number of amides is 1. The second-order valence-electron chi connectivity index (χ2n) is 5.92. The van der Waals surface area contributed by atoms with Crippen molar-refractivity contribution in [2.75, 3.05) is 0 Å². The van der Waals surface area contributed by atoms with Gasteiger partial charge in [-0.15, -0.1) is 0 Å². The number of ether oxygens (including phenoxy) is 1. The standard InChI is InChI=1S/C20H20ClN3O2/c1-14(26-19-6-4-3-5-18(19)21)20(25)23-13-16-7-9-17(10-8-16)24-12-11-22-15(24)2/h3-12,14H,13H2,1-2H3,(H,23,25)/t14-/m1/s1. The van der Waals surface area contributed by atoms with Crippen molar-refractivity contribution in [2.45, 2.75) is 26.5 Å². The van der Waals surface area contributed by atoms with E-state index in [1.807, 2.05) is 54.1 Å². The van der Waals surface area contributed by atoms with E-state index in [1.54, 1.807) is 25.3 Å². The molecule has 0 aliphatic heterocycles. The fraction of sp³-hybridized carbons (Fsp3) is 0.200. The normalized spacial score (nSPS) is 11.8. The Labute approximate surface area is 157 Å². The van der Waals surface area contributed by atoms with Crippen molar-refractivity contribution < 1.29 is 9.53 Å². The molecule has 5 nitrogen and oxygen atoms in total. The summed E-state index contributed by atoms with van der Waals surface area (Å²) in [6.45, 7) is 4.08. The van der Waals surface area contributed by atoms with Gasteiger partial charge in [0.15, 0.2) is 6.10 Å². The molecule has 1 heterocycles. The van der Waals surface area contributed by atoms with Crippen LogP contribution in [0, 0.1) is 6.92 Å². The van der Waals surface area contributed by atoms with Crippen LogP contribution in [0.5, 0.6) is 5.75 Å². The second-order valence-corrected chi connectivity index (χ2v) is 6.33. The highest BCUT2D eigenvalue weighted by Crippen LogP contribution is 2.24. The van der Waals surface area contributed by atoms with Crippen LogP contribution in [0.15, 0.2) is 60.9 Å². The summed E-state index contributed by atoms with van der Waals surface area (Å²) >= 11 is 6.05. The maximum absolute atomic E-state index is 12.2. The monoisotopic (exact) mass is 369 g/mol. The fourth-order valence-corrected chi connectivity index (χ4v) is 2.72. The van der Waals surface area contributed by atoms with E-state index < -0.39 is 6.10 Å². The van der Waals surface area contributed by atoms with Crippen molar-refractivity contribution in [3.8, 4) is 11.4 Å². The minimum absolute atomic E-state index is 0.195. The Kier molecular flexibility index (Phi) is 5.58. The number of rotatable bonds is 6. The third-order valence-corrected chi connectivity index (χ3v) is 4.33. The number of para-hydroxylation sites is 1. The molecule has 1 aromatic heterocycles. The molecule has 0 saturated heterocycles. The lowest BCUT2D eigenvalue weighted by molar-refractivity contribution is -0.127. The lowest BCUT2D eigenvalue weighted by atomic mass is 10.2. The smallest absolute Gasteiger partial charge is 0.261 e. The Bertz CT molecular complexity index is 890. The van der Waals surface area contributed by atoms with Crippen molar-refractivity contribution in [1.82, 2.24) is 14.9 Å². The van der Waals surface area contributed by atoms with Crippen LogP contribution in [-0.2, 0) is 11.3 Å². The lowest BCUT2D eigenvalue weighted by Crippen LogP contribution is -2.35. The first-order valence-corrected chi connectivity index (χ1v) is 8.70. The van der Waals surface area contributed by atoms with Gasteiger partial charge >= 0.3 is 0 Å². The lowest BCUT2D eigenvalue weighted by Gasteiger charge is -2.15. The van der Waals surface area contributed by atoms with Crippen molar-refractivity contribution in [3.63, 3.8) is 0 Å². The molecule has 134 valence electrons. The third-order valence-electron chi connectivity index (χ3n) is 4.02. The first kappa shape index (κ1) is 18.0. The highest BCUT2D eigenvalue weighted by molar-refractivity contribution is 6.32. The Morgan fingerprint density at radius 1 is 1.23 bits per heavy atom. The zero-order valence-electron chi connectivity index (χ0n) is 14.6. The molecule has 1 amide bonds. The van der Waals surface area contributed by atoms with E-state index in [1.165, 1.54) is 0 Å². The van der Waals surface area contributed by atoms with Crippen LogP contribution in [0.4, 0.5) is 0 Å². The third kappa shape index (κ3) is 4.24. The Morgan fingerprint density at radius 2 is 1.96 bits per heavy atom. The molecule has 1 atom stereocenters. The molecule has 3 aromatic rings. The van der Waals surface area contributed by atoms with E-state index in [0.29, 0.717) is 17.3 Å². The van der Waals surface area contributed by atoms with E-state index in [-0.39, 0.29) is 5.91 Å². The highest BCUT2D eigenvalue weighted by atomic mass is 35.5. The van der Waals surface area contributed by atoms with Gasteiger partial charge in [0, 0.05) is 24.6 Å². The van der Waals surface area contributed by atoms with Crippen LogP contribution in [0.3, 0.4) is 0 Å². The van der Waals surface area contributed by atoms with Gasteiger partial charge in [0.1, 0.15) is 11.6 Å². The molecule has 2 aromatic carbocycles. The minimum Gasteiger partial charge on any atom is -0.479 e. The van der Waals surface area contributed by atoms with Gasteiger partial charge in [0.2, 0.25) is 0 Å². The van der Waals surface area contributed by atoms with Crippen LogP contribution in [0.2, 0.25) is 5.02 Å². The summed E-state index contributed by atoms with van der Waals surface area (Å²) in [4.78, 5) is 16.5. The van der Waals surface area contributed by atoms with Crippen molar-refractivity contribution >= 4 is 17.5 Å². The van der Waals surface area contributed by atoms with E-state index in [2.05, 4.69) is 10.3 Å². The molecule has 0 unspecified atom stereocenters. The first-order valence-electron chi connectivity index (χ1n) is 8.33.